The quantitative estimate of drug-likeness (QED) is 0.456. The van der Waals surface area contributed by atoms with Crippen LogP contribution in [0.5, 0.6) is 0 Å². The summed E-state index contributed by atoms with van der Waals surface area (Å²) in [6, 6.07) is 9.57. The van der Waals surface area contributed by atoms with Gasteiger partial charge in [0.05, 0.1) is 12.1 Å². The molecule has 21 heavy (non-hydrogen) atoms. The first kappa shape index (κ1) is 14.6. The Bertz CT molecular complexity index is 508. The smallest absolute Gasteiger partial charge is 0.157 e. The van der Waals surface area contributed by atoms with E-state index in [9.17, 15) is 15.3 Å². The maximum absolute atomic E-state index is 10.3. The van der Waals surface area contributed by atoms with Gasteiger partial charge < -0.3 is 20.1 Å². The summed E-state index contributed by atoms with van der Waals surface area (Å²) in [5, 5.41) is 30.1. The molecule has 114 valence electrons. The molecule has 3 aliphatic rings. The standard InChI is InChI=1S/C15H19NO5/c17-12-8-15(7-6-11(21-12)13(18)14(15)19)16-20-9-10-4-2-1-3-5-10/h1-7,11-14,16-19H,8-9H2/t11?,12-,13-,14?,15?/m1/s1. The average Bonchev–Trinajstić information content (AvgIpc) is 2.70. The number of hydrogen-bond acceptors (Lipinski definition) is 6. The molecule has 1 fully saturated rings. The monoisotopic (exact) mass is 293 g/mol. The molecule has 0 amide bonds. The van der Waals surface area contributed by atoms with Crippen LogP contribution in [0.1, 0.15) is 12.0 Å². The first-order valence-corrected chi connectivity index (χ1v) is 6.93. The van der Waals surface area contributed by atoms with Gasteiger partial charge in [-0.1, -0.05) is 42.5 Å². The molecule has 2 aliphatic heterocycles. The van der Waals surface area contributed by atoms with Gasteiger partial charge in [0.15, 0.2) is 6.29 Å². The van der Waals surface area contributed by atoms with Crippen molar-refractivity contribution in [2.75, 3.05) is 0 Å². The van der Waals surface area contributed by atoms with E-state index in [1.54, 1.807) is 12.2 Å². The van der Waals surface area contributed by atoms with E-state index in [1.165, 1.54) is 0 Å². The van der Waals surface area contributed by atoms with Crippen LogP contribution in [0, 0.1) is 0 Å². The molecule has 5 atom stereocenters. The van der Waals surface area contributed by atoms with Gasteiger partial charge in [-0.2, -0.15) is 5.48 Å². The molecule has 4 N–H and O–H groups in total. The molecular formula is C15H19NO5. The molecule has 0 spiro atoms. The number of benzene rings is 1. The summed E-state index contributed by atoms with van der Waals surface area (Å²) in [5.74, 6) is 0. The highest BCUT2D eigenvalue weighted by atomic mass is 16.7. The molecule has 2 bridgehead atoms. The van der Waals surface area contributed by atoms with Crippen LogP contribution in [-0.2, 0) is 16.2 Å². The van der Waals surface area contributed by atoms with E-state index in [1.807, 2.05) is 30.3 Å². The summed E-state index contributed by atoms with van der Waals surface area (Å²) in [7, 11) is 0. The van der Waals surface area contributed by atoms with Crippen LogP contribution < -0.4 is 5.48 Å². The van der Waals surface area contributed by atoms with Crippen LogP contribution in [0.2, 0.25) is 0 Å². The van der Waals surface area contributed by atoms with Gasteiger partial charge in [-0.15, -0.1) is 0 Å². The lowest BCUT2D eigenvalue weighted by Gasteiger charge is -2.39. The molecule has 2 heterocycles. The first-order chi connectivity index (χ1) is 10.1. The Kier molecular flexibility index (Phi) is 4.08. The van der Waals surface area contributed by atoms with Crippen LogP contribution in [0.25, 0.3) is 0 Å². The third kappa shape index (κ3) is 2.87. The predicted octanol–water partition coefficient (Wildman–Crippen LogP) is -0.155. The predicted molar refractivity (Wildman–Crippen MR) is 73.7 cm³/mol. The van der Waals surface area contributed by atoms with E-state index in [4.69, 9.17) is 9.57 Å². The van der Waals surface area contributed by atoms with Crippen LogP contribution in [0.3, 0.4) is 0 Å². The summed E-state index contributed by atoms with van der Waals surface area (Å²) < 4.78 is 5.24. The van der Waals surface area contributed by atoms with Crippen LogP contribution in [-0.4, -0.2) is 45.5 Å². The van der Waals surface area contributed by atoms with Gasteiger partial charge in [-0.05, 0) is 5.56 Å². The van der Waals surface area contributed by atoms with Gasteiger partial charge in [0, 0.05) is 6.42 Å². The van der Waals surface area contributed by atoms with Crippen molar-refractivity contribution >= 4 is 0 Å². The average molecular weight is 293 g/mol. The minimum absolute atomic E-state index is 0.0903. The largest absolute Gasteiger partial charge is 0.388 e. The number of hydrogen-bond donors (Lipinski definition) is 4. The zero-order chi connectivity index (χ0) is 14.9. The highest BCUT2D eigenvalue weighted by molar-refractivity contribution is 5.22. The molecule has 1 aromatic rings. The summed E-state index contributed by atoms with van der Waals surface area (Å²) in [6.07, 6.45) is -0.609. The number of ether oxygens (including phenoxy) is 1. The van der Waals surface area contributed by atoms with Crippen molar-refractivity contribution in [3.63, 3.8) is 0 Å². The fourth-order valence-electron chi connectivity index (χ4n) is 2.76. The van der Waals surface area contributed by atoms with Gasteiger partial charge in [0.1, 0.15) is 18.3 Å². The van der Waals surface area contributed by atoms with Crippen LogP contribution >= 0.6 is 0 Å². The van der Waals surface area contributed by atoms with Crippen LogP contribution in [0.15, 0.2) is 42.5 Å². The molecule has 0 aromatic heterocycles. The second-order valence-corrected chi connectivity index (χ2v) is 5.47. The van der Waals surface area contributed by atoms with E-state index in [2.05, 4.69) is 5.48 Å². The number of nitrogens with one attached hydrogen (secondary N) is 1. The lowest BCUT2D eigenvalue weighted by molar-refractivity contribution is -0.144. The third-order valence-electron chi connectivity index (χ3n) is 3.94. The Balaban J connectivity index is 1.70. The Hall–Kier alpha value is -1.28. The van der Waals surface area contributed by atoms with Gasteiger partial charge in [-0.25, -0.2) is 0 Å². The van der Waals surface area contributed by atoms with Crippen molar-refractivity contribution < 1.29 is 24.9 Å². The van der Waals surface area contributed by atoms with E-state index >= 15 is 0 Å². The van der Waals surface area contributed by atoms with Gasteiger partial charge >= 0.3 is 0 Å². The topological polar surface area (TPSA) is 91.2 Å². The number of aliphatic hydroxyl groups excluding tert-OH is 3. The number of aliphatic hydroxyl groups is 3. The van der Waals surface area contributed by atoms with Gasteiger partial charge in [0.2, 0.25) is 0 Å². The van der Waals surface area contributed by atoms with E-state index < -0.39 is 30.1 Å². The summed E-state index contributed by atoms with van der Waals surface area (Å²) in [4.78, 5) is 5.46. The summed E-state index contributed by atoms with van der Waals surface area (Å²) >= 11 is 0. The van der Waals surface area contributed by atoms with Crippen molar-refractivity contribution in [1.82, 2.24) is 5.48 Å². The maximum Gasteiger partial charge on any atom is 0.157 e. The molecule has 0 saturated carbocycles. The Morgan fingerprint density at radius 3 is 2.76 bits per heavy atom. The molecule has 1 saturated heterocycles. The van der Waals surface area contributed by atoms with Crippen molar-refractivity contribution in [2.45, 2.75) is 43.2 Å². The Morgan fingerprint density at radius 2 is 2.00 bits per heavy atom. The van der Waals surface area contributed by atoms with Gasteiger partial charge in [0.25, 0.3) is 0 Å². The fourth-order valence-corrected chi connectivity index (χ4v) is 2.76. The zero-order valence-electron chi connectivity index (χ0n) is 11.4. The zero-order valence-corrected chi connectivity index (χ0v) is 11.4. The SMILES string of the molecule is OC1[C@H](O)C2C=CC1(NOCc1ccccc1)C[C@H](O)O2. The maximum atomic E-state index is 10.3. The molecule has 1 aromatic carbocycles. The van der Waals surface area contributed by atoms with Crippen molar-refractivity contribution in [1.29, 1.82) is 0 Å². The highest BCUT2D eigenvalue weighted by Crippen LogP contribution is 2.34. The van der Waals surface area contributed by atoms with Crippen molar-refractivity contribution in [3.8, 4) is 0 Å². The highest BCUT2D eigenvalue weighted by Gasteiger charge is 2.50. The lowest BCUT2D eigenvalue weighted by Crippen LogP contribution is -2.60. The minimum atomic E-state index is -1.12. The normalized spacial score (nSPS) is 38.4. The third-order valence-corrected chi connectivity index (χ3v) is 3.94. The van der Waals surface area contributed by atoms with Crippen molar-refractivity contribution in [3.05, 3.63) is 48.0 Å². The second-order valence-electron chi connectivity index (χ2n) is 5.47. The molecule has 6 heteroatoms. The second kappa shape index (κ2) is 5.84. The minimum Gasteiger partial charge on any atom is -0.388 e. The Morgan fingerprint density at radius 1 is 1.24 bits per heavy atom. The van der Waals surface area contributed by atoms with E-state index in [0.717, 1.165) is 5.56 Å². The molecule has 1 aliphatic carbocycles. The van der Waals surface area contributed by atoms with E-state index in [0.29, 0.717) is 6.61 Å². The fraction of sp³-hybridized carbons (Fsp3) is 0.467. The molecule has 0 radical (unpaired) electrons. The van der Waals surface area contributed by atoms with Crippen molar-refractivity contribution in [2.24, 2.45) is 0 Å². The molecule has 6 nitrogen and oxygen atoms in total. The lowest BCUT2D eigenvalue weighted by atomic mass is 9.81. The number of hydroxylamine groups is 1. The summed E-state index contributed by atoms with van der Waals surface area (Å²) in [5.41, 5.74) is 2.69. The van der Waals surface area contributed by atoms with Crippen LogP contribution in [0.4, 0.5) is 0 Å². The first-order valence-electron chi connectivity index (χ1n) is 6.93. The van der Waals surface area contributed by atoms with E-state index in [-0.39, 0.29) is 6.42 Å². The molecule has 3 unspecified atom stereocenters. The number of fused-ring (bicyclic) bond motifs is 3. The molecular weight excluding hydrogens is 274 g/mol. The Labute approximate surface area is 122 Å². The number of rotatable bonds is 4. The van der Waals surface area contributed by atoms with Gasteiger partial charge in [-0.3, -0.25) is 4.84 Å². The molecule has 4 rings (SSSR count). The summed E-state index contributed by atoms with van der Waals surface area (Å²) in [6.45, 7) is 0.305.